The van der Waals surface area contributed by atoms with Gasteiger partial charge in [-0.25, -0.2) is 9.67 Å². The van der Waals surface area contributed by atoms with Crippen LogP contribution in [0.3, 0.4) is 0 Å². The molecule has 0 saturated carbocycles. The second-order valence-electron chi connectivity index (χ2n) is 8.99. The molecule has 0 spiro atoms. The molecule has 0 bridgehead atoms. The average Bonchev–Trinajstić information content (AvgIpc) is 3.32. The van der Waals surface area contributed by atoms with Gasteiger partial charge in [-0.15, -0.1) is 11.3 Å². The molecule has 3 aromatic heterocycles. The lowest BCUT2D eigenvalue weighted by Crippen LogP contribution is -2.28. The second-order valence-corrected chi connectivity index (χ2v) is 9.85. The Morgan fingerprint density at radius 3 is 2.56 bits per heavy atom. The van der Waals surface area contributed by atoms with Gasteiger partial charge in [0.1, 0.15) is 10.6 Å². The number of carbonyl (C=O) groups excluding carboxylic acids is 1. The third-order valence-electron chi connectivity index (χ3n) is 5.24. The van der Waals surface area contributed by atoms with Crippen LogP contribution >= 0.6 is 11.3 Å². The molecule has 0 radical (unpaired) electrons. The van der Waals surface area contributed by atoms with Gasteiger partial charge in [0, 0.05) is 30.0 Å². The van der Waals surface area contributed by atoms with Crippen molar-refractivity contribution >= 4 is 33.3 Å². The van der Waals surface area contributed by atoms with E-state index in [0.29, 0.717) is 16.0 Å². The number of nitrogens with zero attached hydrogens (tertiary/aromatic N) is 4. The zero-order valence-electron chi connectivity index (χ0n) is 19.0. The molecule has 3 heterocycles. The maximum absolute atomic E-state index is 13.2. The maximum atomic E-state index is 13.2. The van der Waals surface area contributed by atoms with Gasteiger partial charge in [-0.2, -0.15) is 5.10 Å². The molecule has 0 aliphatic carbocycles. The highest BCUT2D eigenvalue weighted by Gasteiger charge is 2.20. The molecule has 1 amide bonds. The van der Waals surface area contributed by atoms with Gasteiger partial charge in [-0.1, -0.05) is 29.8 Å². The van der Waals surface area contributed by atoms with E-state index in [1.54, 1.807) is 4.68 Å². The Labute approximate surface area is 190 Å². The number of hydrogen-bond donors (Lipinski definition) is 1. The number of benzene rings is 1. The highest BCUT2D eigenvalue weighted by atomic mass is 32.1. The molecule has 0 aliphatic rings. The Morgan fingerprint density at radius 2 is 1.88 bits per heavy atom. The minimum atomic E-state index is -0.256. The van der Waals surface area contributed by atoms with E-state index in [1.165, 1.54) is 22.2 Å². The standard InChI is InChI=1S/C24H27N5O2S/c1-15-6-8-17(9-7-15)18-13-32-22-21(18)23(31)28(14-25-22)11-10-20(30)26-19-12-16(2)27-29(19)24(3,4)5/h6-9,12-14H,10-11H2,1-5H3,(H,26,30). The van der Waals surface area contributed by atoms with Crippen molar-refractivity contribution in [3.05, 3.63) is 63.7 Å². The van der Waals surface area contributed by atoms with E-state index in [2.05, 4.69) is 15.4 Å². The summed E-state index contributed by atoms with van der Waals surface area (Å²) in [6.45, 7) is 10.3. The van der Waals surface area contributed by atoms with E-state index in [0.717, 1.165) is 22.4 Å². The summed E-state index contributed by atoms with van der Waals surface area (Å²) >= 11 is 1.45. The lowest BCUT2D eigenvalue weighted by molar-refractivity contribution is -0.116. The molecule has 4 aromatic rings. The summed E-state index contributed by atoms with van der Waals surface area (Å²) in [5.41, 5.74) is 3.48. The van der Waals surface area contributed by atoms with Crippen LogP contribution in [0.4, 0.5) is 5.82 Å². The molecule has 8 heteroatoms. The van der Waals surface area contributed by atoms with Crippen LogP contribution in [0.25, 0.3) is 21.3 Å². The zero-order valence-corrected chi connectivity index (χ0v) is 19.8. The van der Waals surface area contributed by atoms with Crippen LogP contribution in [0, 0.1) is 13.8 Å². The predicted octanol–water partition coefficient (Wildman–Crippen LogP) is 4.72. The number of carbonyl (C=O) groups is 1. The van der Waals surface area contributed by atoms with Gasteiger partial charge >= 0.3 is 0 Å². The molecule has 7 nitrogen and oxygen atoms in total. The van der Waals surface area contributed by atoms with Crippen LogP contribution in [0.1, 0.15) is 38.4 Å². The van der Waals surface area contributed by atoms with Crippen molar-refractivity contribution < 1.29 is 4.79 Å². The third-order valence-corrected chi connectivity index (χ3v) is 6.12. The number of hydrogen-bond acceptors (Lipinski definition) is 5. The molecule has 0 atom stereocenters. The van der Waals surface area contributed by atoms with Crippen molar-refractivity contribution in [2.45, 2.75) is 53.1 Å². The fourth-order valence-corrected chi connectivity index (χ4v) is 4.51. The number of nitrogens with one attached hydrogen (secondary N) is 1. The molecule has 1 N–H and O–H groups in total. The number of amides is 1. The Balaban J connectivity index is 1.55. The van der Waals surface area contributed by atoms with E-state index in [-0.39, 0.29) is 30.0 Å². The van der Waals surface area contributed by atoms with Crippen molar-refractivity contribution in [2.24, 2.45) is 0 Å². The zero-order chi connectivity index (χ0) is 23.0. The molecule has 0 saturated heterocycles. The molecule has 166 valence electrons. The lowest BCUT2D eigenvalue weighted by Gasteiger charge is -2.22. The maximum Gasteiger partial charge on any atom is 0.262 e. The van der Waals surface area contributed by atoms with E-state index >= 15 is 0 Å². The third kappa shape index (κ3) is 4.36. The number of thiophene rings is 1. The quantitative estimate of drug-likeness (QED) is 0.478. The number of rotatable bonds is 5. The fraction of sp³-hybridized carbons (Fsp3) is 0.333. The van der Waals surface area contributed by atoms with Crippen molar-refractivity contribution in [3.8, 4) is 11.1 Å². The topological polar surface area (TPSA) is 81.8 Å². The van der Waals surface area contributed by atoms with Gasteiger partial charge in [-0.3, -0.25) is 14.2 Å². The molecule has 32 heavy (non-hydrogen) atoms. The van der Waals surface area contributed by atoms with Crippen LogP contribution in [0.2, 0.25) is 0 Å². The van der Waals surface area contributed by atoms with E-state index < -0.39 is 0 Å². The molecular weight excluding hydrogens is 422 g/mol. The molecular formula is C24H27N5O2S. The Hall–Kier alpha value is -3.26. The van der Waals surface area contributed by atoms with Gasteiger partial charge in [-0.05, 0) is 40.2 Å². The smallest absolute Gasteiger partial charge is 0.262 e. The predicted molar refractivity (Wildman–Crippen MR) is 129 cm³/mol. The first-order chi connectivity index (χ1) is 15.1. The van der Waals surface area contributed by atoms with E-state index in [9.17, 15) is 9.59 Å². The van der Waals surface area contributed by atoms with Crippen molar-refractivity contribution in [3.63, 3.8) is 0 Å². The normalized spacial score (nSPS) is 11.8. The number of aryl methyl sites for hydroxylation is 3. The summed E-state index contributed by atoms with van der Waals surface area (Å²) in [7, 11) is 0. The van der Waals surface area contributed by atoms with Gasteiger partial charge in [0.25, 0.3) is 5.56 Å². The Morgan fingerprint density at radius 1 is 1.16 bits per heavy atom. The minimum Gasteiger partial charge on any atom is -0.311 e. The van der Waals surface area contributed by atoms with E-state index in [4.69, 9.17) is 0 Å². The summed E-state index contributed by atoms with van der Waals surface area (Å²) < 4.78 is 3.32. The highest BCUT2D eigenvalue weighted by Crippen LogP contribution is 2.30. The Bertz CT molecular complexity index is 1340. The number of fused-ring (bicyclic) bond motifs is 1. The molecule has 0 unspecified atom stereocenters. The van der Waals surface area contributed by atoms with Gasteiger partial charge < -0.3 is 5.32 Å². The summed E-state index contributed by atoms with van der Waals surface area (Å²) in [6, 6.07) is 9.94. The number of aromatic nitrogens is 4. The second kappa shape index (κ2) is 8.35. The number of anilines is 1. The lowest BCUT2D eigenvalue weighted by atomic mass is 10.1. The van der Waals surface area contributed by atoms with E-state index in [1.807, 2.05) is 70.3 Å². The van der Waals surface area contributed by atoms with Crippen molar-refractivity contribution in [1.82, 2.24) is 19.3 Å². The van der Waals surface area contributed by atoms with Crippen LogP contribution in [0.5, 0.6) is 0 Å². The fourth-order valence-electron chi connectivity index (χ4n) is 3.60. The summed E-state index contributed by atoms with van der Waals surface area (Å²) in [6.07, 6.45) is 1.68. The van der Waals surface area contributed by atoms with Crippen LogP contribution in [-0.4, -0.2) is 25.2 Å². The first kappa shape index (κ1) is 22.0. The van der Waals surface area contributed by atoms with Crippen molar-refractivity contribution in [2.75, 3.05) is 5.32 Å². The SMILES string of the molecule is Cc1ccc(-c2csc3ncn(CCC(=O)Nc4cc(C)nn4C(C)(C)C)c(=O)c23)cc1. The van der Waals surface area contributed by atoms with Crippen molar-refractivity contribution in [1.29, 1.82) is 0 Å². The summed E-state index contributed by atoms with van der Waals surface area (Å²) in [5, 5.41) is 9.98. The van der Waals surface area contributed by atoms with Crippen LogP contribution in [0.15, 0.2) is 46.8 Å². The van der Waals surface area contributed by atoms with Gasteiger partial charge in [0.15, 0.2) is 0 Å². The summed E-state index contributed by atoms with van der Waals surface area (Å²) in [4.78, 5) is 31.0. The largest absolute Gasteiger partial charge is 0.311 e. The van der Waals surface area contributed by atoms with Gasteiger partial charge in [0.2, 0.25) is 5.91 Å². The van der Waals surface area contributed by atoms with Crippen LogP contribution < -0.4 is 10.9 Å². The Kier molecular flexibility index (Phi) is 5.73. The summed E-state index contributed by atoms with van der Waals surface area (Å²) in [5.74, 6) is 0.479. The first-order valence-electron chi connectivity index (χ1n) is 10.5. The monoisotopic (exact) mass is 449 g/mol. The first-order valence-corrected chi connectivity index (χ1v) is 11.4. The molecule has 4 rings (SSSR count). The highest BCUT2D eigenvalue weighted by molar-refractivity contribution is 7.17. The molecule has 1 aromatic carbocycles. The molecule has 0 aliphatic heterocycles. The van der Waals surface area contributed by atoms with Gasteiger partial charge in [0.05, 0.1) is 22.9 Å². The molecule has 0 fully saturated rings. The minimum absolute atomic E-state index is 0.129. The van der Waals surface area contributed by atoms with Crippen LogP contribution in [-0.2, 0) is 16.9 Å². The average molecular weight is 450 g/mol.